The minimum atomic E-state index is -0.881. The van der Waals surface area contributed by atoms with E-state index >= 15 is 0 Å². The summed E-state index contributed by atoms with van der Waals surface area (Å²) in [7, 11) is 0. The van der Waals surface area contributed by atoms with E-state index in [0.29, 0.717) is 36.8 Å². The van der Waals surface area contributed by atoms with Gasteiger partial charge in [0, 0.05) is 18.8 Å². The van der Waals surface area contributed by atoms with Gasteiger partial charge in [-0.1, -0.05) is 52.3 Å². The molecule has 36 heavy (non-hydrogen) atoms. The van der Waals surface area contributed by atoms with Crippen molar-refractivity contribution < 1.29 is 34.4 Å². The molecule has 0 unspecified atom stereocenters. The monoisotopic (exact) mass is 501 g/mol. The summed E-state index contributed by atoms with van der Waals surface area (Å²) in [5, 5.41) is 41.3. The van der Waals surface area contributed by atoms with Crippen LogP contribution in [0.2, 0.25) is 0 Å². The lowest BCUT2D eigenvalue weighted by Gasteiger charge is -2.27. The summed E-state index contributed by atoms with van der Waals surface area (Å²) in [6.45, 7) is 7.83. The molecule has 0 fully saturated rings. The van der Waals surface area contributed by atoms with Crippen LogP contribution in [0.3, 0.4) is 0 Å². The summed E-state index contributed by atoms with van der Waals surface area (Å²) in [4.78, 5) is 16.9. The number of phenols is 1. The summed E-state index contributed by atoms with van der Waals surface area (Å²) in [5.74, 6) is -0.131. The molecular weight excluding hydrogens is 462 g/mol. The molecule has 3 rings (SSSR count). The number of cyclic esters (lactones) is 1. The molecule has 1 aromatic heterocycles. The number of oxazole rings is 1. The predicted molar refractivity (Wildman–Crippen MR) is 136 cm³/mol. The number of fused-ring (bicyclic) bond motifs is 1. The van der Waals surface area contributed by atoms with Crippen LogP contribution in [0.25, 0.3) is 6.08 Å². The molecule has 2 aromatic rings. The van der Waals surface area contributed by atoms with Crippen LogP contribution in [0.1, 0.15) is 80.0 Å². The Kier molecular flexibility index (Phi) is 9.70. The van der Waals surface area contributed by atoms with E-state index in [1.165, 1.54) is 6.26 Å². The van der Waals surface area contributed by atoms with E-state index in [4.69, 9.17) is 9.15 Å². The molecule has 0 bridgehead atoms. The largest absolute Gasteiger partial charge is 0.507 e. The molecule has 8 heteroatoms. The maximum atomic E-state index is 12.6. The lowest BCUT2D eigenvalue weighted by molar-refractivity contribution is 0.0144. The number of aromatic nitrogens is 1. The summed E-state index contributed by atoms with van der Waals surface area (Å²) in [5.41, 5.74) is 2.19. The number of aromatic hydroxyl groups is 1. The van der Waals surface area contributed by atoms with Crippen LogP contribution in [0, 0.1) is 11.8 Å². The second-order valence-electron chi connectivity index (χ2n) is 9.99. The number of rotatable bonds is 12. The highest BCUT2D eigenvalue weighted by molar-refractivity contribution is 5.95. The van der Waals surface area contributed by atoms with Gasteiger partial charge in [-0.15, -0.1) is 0 Å². The normalized spacial score (nSPS) is 20.0. The lowest BCUT2D eigenvalue weighted by Crippen LogP contribution is -2.30. The summed E-state index contributed by atoms with van der Waals surface area (Å²) < 4.78 is 10.9. The van der Waals surface area contributed by atoms with Gasteiger partial charge in [-0.05, 0) is 36.0 Å². The van der Waals surface area contributed by atoms with Gasteiger partial charge in [0.2, 0.25) is 0 Å². The topological polar surface area (TPSA) is 133 Å². The Balaban J connectivity index is 1.57. The van der Waals surface area contributed by atoms with Crippen molar-refractivity contribution in [3.8, 4) is 5.75 Å². The van der Waals surface area contributed by atoms with Crippen molar-refractivity contribution in [2.45, 2.75) is 90.6 Å². The van der Waals surface area contributed by atoms with E-state index in [2.05, 4.69) is 18.8 Å². The number of nitrogens with zero attached hydrogens (tertiary/aromatic N) is 1. The third-order valence-corrected chi connectivity index (χ3v) is 7.12. The van der Waals surface area contributed by atoms with Gasteiger partial charge < -0.3 is 29.6 Å². The van der Waals surface area contributed by atoms with Crippen molar-refractivity contribution in [2.75, 3.05) is 0 Å². The number of esters is 1. The molecule has 0 spiro atoms. The van der Waals surface area contributed by atoms with Crippen molar-refractivity contribution in [2.24, 2.45) is 11.8 Å². The van der Waals surface area contributed by atoms with Gasteiger partial charge in [-0.25, -0.2) is 9.78 Å². The first-order valence-corrected chi connectivity index (χ1v) is 12.8. The number of hydrogen-bond donors (Lipinski definition) is 4. The molecule has 0 amide bonds. The highest BCUT2D eigenvalue weighted by atomic mass is 16.5. The molecule has 1 aliphatic rings. The molecule has 0 radical (unpaired) electrons. The van der Waals surface area contributed by atoms with Gasteiger partial charge in [-0.2, -0.15) is 0 Å². The van der Waals surface area contributed by atoms with Gasteiger partial charge in [0.15, 0.2) is 5.89 Å². The van der Waals surface area contributed by atoms with E-state index in [0.717, 1.165) is 17.5 Å². The van der Waals surface area contributed by atoms with Crippen LogP contribution in [-0.4, -0.2) is 55.8 Å². The number of hydrogen-bond acceptors (Lipinski definition) is 8. The number of carbonyl (C=O) groups excluding carboxylic acids is 1. The van der Waals surface area contributed by atoms with Crippen LogP contribution in [0.5, 0.6) is 5.75 Å². The van der Waals surface area contributed by atoms with E-state index in [1.807, 2.05) is 19.1 Å². The Morgan fingerprint density at radius 3 is 2.56 bits per heavy atom. The smallest absolute Gasteiger partial charge is 0.342 e. The number of phenolic OH excluding ortho intramolecular Hbond substituents is 1. The highest BCUT2D eigenvalue weighted by Gasteiger charge is 2.31. The van der Waals surface area contributed by atoms with Gasteiger partial charge >= 0.3 is 5.97 Å². The van der Waals surface area contributed by atoms with Crippen molar-refractivity contribution in [3.05, 3.63) is 52.7 Å². The molecule has 8 nitrogen and oxygen atoms in total. The molecule has 1 aromatic carbocycles. The summed E-state index contributed by atoms with van der Waals surface area (Å²) in [6.07, 6.45) is 4.84. The first kappa shape index (κ1) is 27.9. The molecule has 2 heterocycles. The molecule has 198 valence electrons. The summed E-state index contributed by atoms with van der Waals surface area (Å²) >= 11 is 0. The Labute approximate surface area is 212 Å². The average Bonchev–Trinajstić information content (AvgIpc) is 3.30. The predicted octanol–water partition coefficient (Wildman–Crippen LogP) is 3.83. The first-order valence-electron chi connectivity index (χ1n) is 12.8. The van der Waals surface area contributed by atoms with Crippen molar-refractivity contribution in [1.82, 2.24) is 4.98 Å². The first-order chi connectivity index (χ1) is 17.1. The van der Waals surface area contributed by atoms with E-state index in [9.17, 15) is 25.2 Å². The Bertz CT molecular complexity index is 1050. The molecule has 1 aliphatic heterocycles. The van der Waals surface area contributed by atoms with Crippen LogP contribution in [0.4, 0.5) is 0 Å². The fourth-order valence-electron chi connectivity index (χ4n) is 4.43. The maximum Gasteiger partial charge on any atom is 0.342 e. The SMILES string of the molecule is CC[C@H](C)Cc1ccc2c(c1O)C(=O)O[C@H](C[C@@H](O)/C=C/c1coc(C[C@H](O)[C@H](C)[C@H](O)CC)n1)C2. The number of aliphatic hydroxyl groups excluding tert-OH is 3. The zero-order valence-corrected chi connectivity index (χ0v) is 21.6. The number of aliphatic hydroxyl groups is 3. The van der Waals surface area contributed by atoms with Crippen molar-refractivity contribution in [3.63, 3.8) is 0 Å². The third-order valence-electron chi connectivity index (χ3n) is 7.12. The quantitative estimate of drug-likeness (QED) is 0.323. The van der Waals surface area contributed by atoms with E-state index < -0.39 is 30.4 Å². The number of ether oxygens (including phenoxy) is 1. The molecule has 0 aliphatic carbocycles. The van der Waals surface area contributed by atoms with Crippen molar-refractivity contribution in [1.29, 1.82) is 0 Å². The molecular formula is C28H39NO7. The van der Waals surface area contributed by atoms with Gasteiger partial charge in [-0.3, -0.25) is 0 Å². The highest BCUT2D eigenvalue weighted by Crippen LogP contribution is 2.34. The fourth-order valence-corrected chi connectivity index (χ4v) is 4.43. The van der Waals surface area contributed by atoms with Gasteiger partial charge in [0.25, 0.3) is 0 Å². The fraction of sp³-hybridized carbons (Fsp3) is 0.571. The number of benzene rings is 1. The van der Waals surface area contributed by atoms with E-state index in [1.54, 1.807) is 19.1 Å². The Morgan fingerprint density at radius 2 is 1.86 bits per heavy atom. The zero-order valence-electron chi connectivity index (χ0n) is 21.6. The maximum absolute atomic E-state index is 12.6. The standard InChI is InChI=1S/C28H39NO7/c1-5-16(3)11-19-8-7-18-12-22(36-28(34)26(18)27(19)33)13-21(30)10-9-20-15-35-25(29-20)14-24(32)17(4)23(31)6-2/h7-10,15-17,21-24,30-33H,5-6,11-14H2,1-4H3/b10-9+/t16-,17+,21-,22-,23+,24-/m0/s1. The minimum absolute atomic E-state index is 0.00208. The second-order valence-corrected chi connectivity index (χ2v) is 9.99. The minimum Gasteiger partial charge on any atom is -0.507 e. The summed E-state index contributed by atoms with van der Waals surface area (Å²) in [6, 6.07) is 3.74. The van der Waals surface area contributed by atoms with Crippen LogP contribution < -0.4 is 0 Å². The van der Waals surface area contributed by atoms with Crippen LogP contribution in [-0.2, 0) is 24.0 Å². The molecule has 4 N–H and O–H groups in total. The van der Waals surface area contributed by atoms with Crippen molar-refractivity contribution >= 4 is 12.0 Å². The van der Waals surface area contributed by atoms with E-state index in [-0.39, 0.29) is 30.1 Å². The average molecular weight is 502 g/mol. The van der Waals surface area contributed by atoms with Gasteiger partial charge in [0.05, 0.1) is 24.7 Å². The lowest BCUT2D eigenvalue weighted by atomic mass is 9.90. The molecule has 6 atom stereocenters. The van der Waals surface area contributed by atoms with Gasteiger partial charge in [0.1, 0.15) is 29.4 Å². The Morgan fingerprint density at radius 1 is 1.11 bits per heavy atom. The Hall–Kier alpha value is -2.68. The molecule has 0 saturated carbocycles. The number of carbonyl (C=O) groups is 1. The second kappa shape index (κ2) is 12.5. The van der Waals surface area contributed by atoms with Crippen LogP contribution in [0.15, 0.2) is 28.9 Å². The zero-order chi connectivity index (χ0) is 26.4. The van der Waals surface area contributed by atoms with Crippen LogP contribution >= 0.6 is 0 Å². The molecule has 0 saturated heterocycles. The third kappa shape index (κ3) is 6.96.